The van der Waals surface area contributed by atoms with Gasteiger partial charge in [-0.15, -0.1) is 0 Å². The van der Waals surface area contributed by atoms with E-state index in [4.69, 9.17) is 14.0 Å². The molecule has 7 heteroatoms. The maximum Gasteiger partial charge on any atom is 0.254 e. The minimum atomic E-state index is -0.145. The number of nitrogens with zero attached hydrogens (tertiary/aromatic N) is 3. The maximum atomic E-state index is 12.5. The number of ether oxygens (including phenoxy) is 2. The Balaban J connectivity index is 1.70. The van der Waals surface area contributed by atoms with E-state index in [0.29, 0.717) is 28.8 Å². The number of hydrogen-bond acceptors (Lipinski definition) is 6. The third kappa shape index (κ3) is 3.83. The summed E-state index contributed by atoms with van der Waals surface area (Å²) < 4.78 is 15.6. The second kappa shape index (κ2) is 7.69. The fraction of sp³-hybridized carbons (Fsp3) is 0.211. The normalized spacial score (nSPS) is 10.4. The van der Waals surface area contributed by atoms with Gasteiger partial charge in [0.2, 0.25) is 11.7 Å². The Bertz CT molecular complexity index is 890. The summed E-state index contributed by atoms with van der Waals surface area (Å²) in [4.78, 5) is 18.4. The molecule has 0 aliphatic heterocycles. The summed E-state index contributed by atoms with van der Waals surface area (Å²) in [6.45, 7) is 0.210. The first-order chi connectivity index (χ1) is 12.6. The van der Waals surface area contributed by atoms with Crippen molar-refractivity contribution in [2.24, 2.45) is 0 Å². The second-order valence-corrected chi connectivity index (χ2v) is 5.63. The lowest BCUT2D eigenvalue weighted by Gasteiger charge is -2.14. The van der Waals surface area contributed by atoms with Crippen molar-refractivity contribution in [3.63, 3.8) is 0 Å². The monoisotopic (exact) mass is 353 g/mol. The molecule has 0 atom stereocenters. The van der Waals surface area contributed by atoms with E-state index < -0.39 is 0 Å². The standard InChI is InChI=1S/C19H19N3O4/c1-22(19(23)13-7-9-15(24-2)10-8-13)12-17-20-18(21-26-17)14-5-4-6-16(11-14)25-3/h4-11H,12H2,1-3H3. The average Bonchev–Trinajstić information content (AvgIpc) is 3.16. The Kier molecular flexibility index (Phi) is 5.17. The molecule has 0 unspecified atom stereocenters. The minimum absolute atomic E-state index is 0.145. The van der Waals surface area contributed by atoms with Gasteiger partial charge in [0, 0.05) is 18.2 Å². The van der Waals surface area contributed by atoms with Gasteiger partial charge in [-0.25, -0.2) is 0 Å². The zero-order valence-corrected chi connectivity index (χ0v) is 14.8. The predicted molar refractivity (Wildman–Crippen MR) is 95.1 cm³/mol. The molecule has 0 bridgehead atoms. The lowest BCUT2D eigenvalue weighted by atomic mass is 10.2. The van der Waals surface area contributed by atoms with Crippen molar-refractivity contribution >= 4 is 5.91 Å². The van der Waals surface area contributed by atoms with Gasteiger partial charge in [0.25, 0.3) is 5.91 Å². The van der Waals surface area contributed by atoms with Crippen LogP contribution in [0.25, 0.3) is 11.4 Å². The number of hydrogen-bond donors (Lipinski definition) is 0. The van der Waals surface area contributed by atoms with Gasteiger partial charge in [-0.05, 0) is 36.4 Å². The third-order valence-electron chi connectivity index (χ3n) is 3.85. The van der Waals surface area contributed by atoms with Gasteiger partial charge in [0.15, 0.2) is 0 Å². The van der Waals surface area contributed by atoms with Crippen LogP contribution in [0.3, 0.4) is 0 Å². The molecule has 0 spiro atoms. The third-order valence-corrected chi connectivity index (χ3v) is 3.85. The Morgan fingerprint density at radius 2 is 1.81 bits per heavy atom. The zero-order valence-electron chi connectivity index (χ0n) is 14.8. The van der Waals surface area contributed by atoms with Gasteiger partial charge in [0.1, 0.15) is 11.5 Å². The second-order valence-electron chi connectivity index (χ2n) is 5.63. The first kappa shape index (κ1) is 17.5. The lowest BCUT2D eigenvalue weighted by Crippen LogP contribution is -2.26. The van der Waals surface area contributed by atoms with E-state index in [0.717, 1.165) is 5.56 Å². The van der Waals surface area contributed by atoms with Gasteiger partial charge in [-0.1, -0.05) is 17.3 Å². The Labute approximate surface area is 151 Å². The van der Waals surface area contributed by atoms with Crippen LogP contribution < -0.4 is 9.47 Å². The fourth-order valence-electron chi connectivity index (χ4n) is 2.43. The van der Waals surface area contributed by atoms with E-state index in [2.05, 4.69) is 10.1 Å². The average molecular weight is 353 g/mol. The van der Waals surface area contributed by atoms with Gasteiger partial charge in [-0.2, -0.15) is 4.98 Å². The summed E-state index contributed by atoms with van der Waals surface area (Å²) in [7, 11) is 4.86. The van der Waals surface area contributed by atoms with Gasteiger partial charge in [-0.3, -0.25) is 4.79 Å². The first-order valence-electron chi connectivity index (χ1n) is 7.97. The van der Waals surface area contributed by atoms with Crippen molar-refractivity contribution in [3.8, 4) is 22.9 Å². The van der Waals surface area contributed by atoms with E-state index in [1.165, 1.54) is 4.90 Å². The minimum Gasteiger partial charge on any atom is -0.497 e. The smallest absolute Gasteiger partial charge is 0.254 e. The summed E-state index contributed by atoms with van der Waals surface area (Å²) >= 11 is 0. The van der Waals surface area contributed by atoms with E-state index in [1.54, 1.807) is 45.5 Å². The topological polar surface area (TPSA) is 77.7 Å². The highest BCUT2D eigenvalue weighted by molar-refractivity contribution is 5.94. The number of aromatic nitrogens is 2. The van der Waals surface area contributed by atoms with Crippen LogP contribution in [0.5, 0.6) is 11.5 Å². The molecule has 0 radical (unpaired) electrons. The molecule has 0 saturated carbocycles. The number of carbonyl (C=O) groups excluding carboxylic acids is 1. The van der Waals surface area contributed by atoms with E-state index in [1.807, 2.05) is 24.3 Å². The van der Waals surface area contributed by atoms with Crippen LogP contribution in [0.15, 0.2) is 53.1 Å². The molecule has 0 aliphatic rings. The molecule has 0 fully saturated rings. The van der Waals surface area contributed by atoms with Crippen molar-refractivity contribution < 1.29 is 18.8 Å². The molecule has 1 aromatic heterocycles. The SMILES string of the molecule is COc1ccc(C(=O)N(C)Cc2nc(-c3cccc(OC)c3)no2)cc1. The quantitative estimate of drug-likeness (QED) is 0.678. The molecule has 134 valence electrons. The molecule has 7 nitrogen and oxygen atoms in total. The summed E-state index contributed by atoms with van der Waals surface area (Å²) in [6, 6.07) is 14.3. The molecule has 0 aliphatic carbocycles. The van der Waals surface area contributed by atoms with Crippen LogP contribution in [0.2, 0.25) is 0 Å². The maximum absolute atomic E-state index is 12.5. The summed E-state index contributed by atoms with van der Waals surface area (Å²) in [6.07, 6.45) is 0. The molecule has 1 amide bonds. The first-order valence-corrected chi connectivity index (χ1v) is 7.97. The van der Waals surface area contributed by atoms with E-state index in [9.17, 15) is 4.79 Å². The number of methoxy groups -OCH3 is 2. The summed E-state index contributed by atoms with van der Waals surface area (Å²) in [5.41, 5.74) is 1.34. The lowest BCUT2D eigenvalue weighted by molar-refractivity contribution is 0.0769. The number of benzene rings is 2. The molecule has 0 N–H and O–H groups in total. The molecular weight excluding hydrogens is 334 g/mol. The van der Waals surface area contributed by atoms with Crippen molar-refractivity contribution in [1.29, 1.82) is 0 Å². The summed E-state index contributed by atoms with van der Waals surface area (Å²) in [5.74, 6) is 2.06. The van der Waals surface area contributed by atoms with Crippen LogP contribution >= 0.6 is 0 Å². The highest BCUT2D eigenvalue weighted by Gasteiger charge is 2.16. The molecule has 2 aromatic carbocycles. The van der Waals surface area contributed by atoms with Gasteiger partial charge >= 0.3 is 0 Å². The number of rotatable bonds is 6. The molecule has 3 aromatic rings. The van der Waals surface area contributed by atoms with Crippen molar-refractivity contribution in [2.45, 2.75) is 6.54 Å². The van der Waals surface area contributed by atoms with Crippen LogP contribution in [0, 0.1) is 0 Å². The van der Waals surface area contributed by atoms with Crippen molar-refractivity contribution in [3.05, 3.63) is 60.0 Å². The van der Waals surface area contributed by atoms with Crippen LogP contribution in [0.4, 0.5) is 0 Å². The molecule has 3 rings (SSSR count). The van der Waals surface area contributed by atoms with Gasteiger partial charge < -0.3 is 18.9 Å². The number of carbonyl (C=O) groups is 1. The van der Waals surface area contributed by atoms with Crippen LogP contribution in [0.1, 0.15) is 16.2 Å². The Hall–Kier alpha value is -3.35. The van der Waals surface area contributed by atoms with Crippen LogP contribution in [-0.4, -0.2) is 42.2 Å². The van der Waals surface area contributed by atoms with Crippen molar-refractivity contribution in [1.82, 2.24) is 15.0 Å². The Morgan fingerprint density at radius 3 is 2.50 bits per heavy atom. The van der Waals surface area contributed by atoms with Crippen LogP contribution in [-0.2, 0) is 6.54 Å². The largest absolute Gasteiger partial charge is 0.497 e. The highest BCUT2D eigenvalue weighted by Crippen LogP contribution is 2.21. The molecular formula is C19H19N3O4. The fourth-order valence-corrected chi connectivity index (χ4v) is 2.43. The van der Waals surface area contributed by atoms with E-state index >= 15 is 0 Å². The zero-order chi connectivity index (χ0) is 18.5. The van der Waals surface area contributed by atoms with Gasteiger partial charge in [0.05, 0.1) is 20.8 Å². The van der Waals surface area contributed by atoms with Crippen molar-refractivity contribution in [2.75, 3.05) is 21.3 Å². The number of amides is 1. The predicted octanol–water partition coefficient (Wildman–Crippen LogP) is 3.03. The molecule has 1 heterocycles. The summed E-state index contributed by atoms with van der Waals surface area (Å²) in [5, 5.41) is 3.97. The highest BCUT2D eigenvalue weighted by atomic mass is 16.5. The van der Waals surface area contributed by atoms with E-state index in [-0.39, 0.29) is 12.5 Å². The molecule has 0 saturated heterocycles. The Morgan fingerprint density at radius 1 is 1.08 bits per heavy atom. The molecule has 26 heavy (non-hydrogen) atoms.